The van der Waals surface area contributed by atoms with Gasteiger partial charge in [0.05, 0.1) is 19.3 Å². The van der Waals surface area contributed by atoms with E-state index in [1.54, 1.807) is 24.3 Å². The Bertz CT molecular complexity index is 1410. The lowest BCUT2D eigenvalue weighted by molar-refractivity contribution is -0.276. The number of rotatable bonds is 8. The molecule has 5 atom stereocenters. The Kier molecular flexibility index (Phi) is 8.74. The van der Waals surface area contributed by atoms with E-state index in [4.69, 9.17) is 18.9 Å². The normalized spacial score (nSPS) is 22.4. The highest BCUT2D eigenvalue weighted by atomic mass is 16.7. The van der Waals surface area contributed by atoms with E-state index in [0.29, 0.717) is 16.9 Å². The van der Waals surface area contributed by atoms with Crippen LogP contribution in [0.1, 0.15) is 21.5 Å². The molecule has 0 aliphatic carbocycles. The number of phenolic OH excluding ortho intramolecular Hbond substituents is 5. The van der Waals surface area contributed by atoms with E-state index in [-0.39, 0.29) is 17.2 Å². The van der Waals surface area contributed by atoms with Crippen molar-refractivity contribution in [1.82, 2.24) is 0 Å². The molecule has 0 spiro atoms. The Hall–Kier alpha value is -4.69. The molecule has 1 aliphatic heterocycles. The van der Waals surface area contributed by atoms with Gasteiger partial charge in [-0.1, -0.05) is 18.2 Å². The molecule has 5 unspecified atom stereocenters. The first kappa shape index (κ1) is 29.3. The molecule has 1 aliphatic rings. The van der Waals surface area contributed by atoms with E-state index in [2.05, 4.69) is 0 Å². The zero-order valence-corrected chi connectivity index (χ0v) is 21.5. The van der Waals surface area contributed by atoms with Crippen molar-refractivity contribution in [2.75, 3.05) is 13.7 Å². The van der Waals surface area contributed by atoms with Crippen LogP contribution in [-0.2, 0) is 9.47 Å². The summed E-state index contributed by atoms with van der Waals surface area (Å²) in [5, 5.41) is 79.8. The Balaban J connectivity index is 1.58. The number of aliphatic hydroxyl groups excluding tert-OH is 3. The van der Waals surface area contributed by atoms with Crippen LogP contribution in [0, 0.1) is 0 Å². The van der Waals surface area contributed by atoms with E-state index in [1.807, 2.05) is 0 Å². The Labute approximate surface area is 232 Å². The number of aromatic hydroxyl groups is 5. The second-order valence-corrected chi connectivity index (χ2v) is 9.08. The molecule has 41 heavy (non-hydrogen) atoms. The number of benzene rings is 3. The minimum absolute atomic E-state index is 0.00604. The molecular formula is C28H28O13. The number of esters is 1. The van der Waals surface area contributed by atoms with Gasteiger partial charge in [-0.2, -0.15) is 0 Å². The van der Waals surface area contributed by atoms with Gasteiger partial charge in [-0.05, 0) is 47.5 Å². The highest BCUT2D eigenvalue weighted by molar-refractivity contribution is 5.91. The van der Waals surface area contributed by atoms with Crippen molar-refractivity contribution in [2.45, 2.75) is 30.7 Å². The summed E-state index contributed by atoms with van der Waals surface area (Å²) in [4.78, 5) is 12.8. The number of aliphatic hydroxyl groups is 3. The summed E-state index contributed by atoms with van der Waals surface area (Å²) in [7, 11) is 1.42. The van der Waals surface area contributed by atoms with Gasteiger partial charge in [0.2, 0.25) is 6.29 Å². The highest BCUT2D eigenvalue weighted by Gasteiger charge is 2.48. The molecule has 13 nitrogen and oxygen atoms in total. The molecule has 3 aromatic carbocycles. The topological polar surface area (TPSA) is 216 Å². The number of hydrogen-bond donors (Lipinski definition) is 8. The van der Waals surface area contributed by atoms with Gasteiger partial charge in [0.15, 0.2) is 34.9 Å². The average molecular weight is 573 g/mol. The van der Waals surface area contributed by atoms with E-state index in [1.165, 1.54) is 31.4 Å². The molecule has 0 bridgehead atoms. The number of methoxy groups -OCH3 is 1. The first-order chi connectivity index (χ1) is 19.5. The Morgan fingerprint density at radius 1 is 0.878 bits per heavy atom. The maximum absolute atomic E-state index is 12.8. The van der Waals surface area contributed by atoms with Gasteiger partial charge in [0.1, 0.15) is 29.8 Å². The molecule has 0 amide bonds. The summed E-state index contributed by atoms with van der Waals surface area (Å²) in [5.41, 5.74) is 0.650. The summed E-state index contributed by atoms with van der Waals surface area (Å²) >= 11 is 0. The third-order valence-electron chi connectivity index (χ3n) is 6.21. The van der Waals surface area contributed by atoms with Gasteiger partial charge in [-0.25, -0.2) is 4.79 Å². The standard InChI is InChI=1S/C28H28O13/c1-38-21-5-4-13(8-18(21)31)2-3-14-6-16(30)11-17(7-14)39-28-26(25(36)24(35)22(12-29)40-28)41-27(37)15-9-19(32)23(34)20(33)10-15/h2-11,22,24-26,28-36H,12H2,1H3. The maximum Gasteiger partial charge on any atom is 0.339 e. The number of carbonyl (C=O) groups is 1. The third-order valence-corrected chi connectivity index (χ3v) is 6.21. The van der Waals surface area contributed by atoms with Crippen molar-refractivity contribution >= 4 is 18.1 Å². The van der Waals surface area contributed by atoms with E-state index in [0.717, 1.165) is 12.1 Å². The van der Waals surface area contributed by atoms with Crippen LogP contribution in [0.4, 0.5) is 0 Å². The van der Waals surface area contributed by atoms with Gasteiger partial charge in [0, 0.05) is 6.07 Å². The lowest BCUT2D eigenvalue weighted by atomic mass is 9.99. The minimum atomic E-state index is -1.81. The molecule has 4 rings (SSSR count). The molecular weight excluding hydrogens is 544 g/mol. The molecule has 1 saturated heterocycles. The number of phenols is 5. The zero-order valence-electron chi connectivity index (χ0n) is 21.5. The van der Waals surface area contributed by atoms with Crippen molar-refractivity contribution in [3.63, 3.8) is 0 Å². The van der Waals surface area contributed by atoms with E-state index in [9.17, 15) is 45.6 Å². The van der Waals surface area contributed by atoms with Crippen molar-refractivity contribution in [3.8, 4) is 40.2 Å². The van der Waals surface area contributed by atoms with Crippen molar-refractivity contribution in [1.29, 1.82) is 0 Å². The van der Waals surface area contributed by atoms with Crippen LogP contribution >= 0.6 is 0 Å². The molecule has 8 N–H and O–H groups in total. The first-order valence-electron chi connectivity index (χ1n) is 12.1. The quantitative estimate of drug-likeness (QED) is 0.109. The summed E-state index contributed by atoms with van der Waals surface area (Å²) in [6.07, 6.45) is -4.88. The van der Waals surface area contributed by atoms with Crippen LogP contribution in [-0.4, -0.2) is 91.2 Å². The number of hydrogen-bond acceptors (Lipinski definition) is 13. The van der Waals surface area contributed by atoms with E-state index < -0.39 is 66.1 Å². The largest absolute Gasteiger partial charge is 0.508 e. The van der Waals surface area contributed by atoms with Gasteiger partial charge in [-0.3, -0.25) is 0 Å². The summed E-state index contributed by atoms with van der Waals surface area (Å²) < 4.78 is 21.6. The molecule has 1 heterocycles. The third kappa shape index (κ3) is 6.56. The fourth-order valence-electron chi connectivity index (χ4n) is 4.10. The second kappa shape index (κ2) is 12.2. The van der Waals surface area contributed by atoms with Crippen LogP contribution in [0.2, 0.25) is 0 Å². The Morgan fingerprint density at radius 3 is 2.20 bits per heavy atom. The maximum atomic E-state index is 12.8. The molecule has 0 saturated carbocycles. The van der Waals surface area contributed by atoms with Crippen LogP contribution in [0.5, 0.6) is 40.2 Å². The highest BCUT2D eigenvalue weighted by Crippen LogP contribution is 2.36. The smallest absolute Gasteiger partial charge is 0.339 e. The zero-order chi connectivity index (χ0) is 29.8. The van der Waals surface area contributed by atoms with Gasteiger partial charge in [0.25, 0.3) is 0 Å². The molecule has 13 heteroatoms. The van der Waals surface area contributed by atoms with Gasteiger partial charge < -0.3 is 59.8 Å². The fourth-order valence-corrected chi connectivity index (χ4v) is 4.10. The van der Waals surface area contributed by atoms with Crippen molar-refractivity contribution in [3.05, 3.63) is 65.2 Å². The minimum Gasteiger partial charge on any atom is -0.508 e. The van der Waals surface area contributed by atoms with Crippen LogP contribution in [0.3, 0.4) is 0 Å². The monoisotopic (exact) mass is 572 g/mol. The SMILES string of the molecule is COc1ccc(C=Cc2cc(O)cc(OC3OC(CO)C(O)C(O)C3OC(=O)c3cc(O)c(O)c(O)c3)c2)cc1O. The average Bonchev–Trinajstić information content (AvgIpc) is 2.93. The van der Waals surface area contributed by atoms with Gasteiger partial charge >= 0.3 is 5.97 Å². The number of ether oxygens (including phenoxy) is 4. The van der Waals surface area contributed by atoms with Crippen LogP contribution in [0.15, 0.2) is 48.5 Å². The van der Waals surface area contributed by atoms with Gasteiger partial charge in [-0.15, -0.1) is 0 Å². The van der Waals surface area contributed by atoms with Crippen molar-refractivity contribution < 1.29 is 64.6 Å². The predicted octanol–water partition coefficient (Wildman–Crippen LogP) is 1.44. The van der Waals surface area contributed by atoms with E-state index >= 15 is 0 Å². The summed E-state index contributed by atoms with van der Waals surface area (Å²) in [5.74, 6) is -3.67. The molecule has 218 valence electrons. The first-order valence-corrected chi connectivity index (χ1v) is 12.1. The second-order valence-electron chi connectivity index (χ2n) is 9.08. The molecule has 0 aromatic heterocycles. The molecule has 0 radical (unpaired) electrons. The van der Waals surface area contributed by atoms with Crippen LogP contribution < -0.4 is 9.47 Å². The predicted molar refractivity (Wildman–Crippen MR) is 141 cm³/mol. The molecule has 3 aromatic rings. The Morgan fingerprint density at radius 2 is 1.56 bits per heavy atom. The number of carbonyl (C=O) groups excluding carboxylic acids is 1. The fraction of sp³-hybridized carbons (Fsp3) is 0.250. The lowest BCUT2D eigenvalue weighted by Gasteiger charge is -2.41. The van der Waals surface area contributed by atoms with Crippen molar-refractivity contribution in [2.24, 2.45) is 0 Å². The molecule has 1 fully saturated rings. The summed E-state index contributed by atoms with van der Waals surface area (Å²) in [6.45, 7) is -0.721. The summed E-state index contributed by atoms with van der Waals surface area (Å²) in [6, 6.07) is 10.5. The lowest BCUT2D eigenvalue weighted by Crippen LogP contribution is -2.61. The van der Waals surface area contributed by atoms with Crippen LogP contribution in [0.25, 0.3) is 12.2 Å².